The highest BCUT2D eigenvalue weighted by Gasteiger charge is 2.18. The highest BCUT2D eigenvalue weighted by atomic mass is 19.1. The average molecular weight is 413 g/mol. The number of fused-ring (bicyclic) bond motifs is 1. The molecule has 0 spiro atoms. The largest absolute Gasteiger partial charge is 0.444 e. The standard InChI is InChI=1S/C22H21F2N3O3/c1-12-16(9-13-5-6-14(23)10-18(13)25-12)20(28)27-19-11-15(7-8-17(19)24)26-21(29)30-22(2,3)4/h5-11H,1-4H3,(H,26,29)(H,27,28). The van der Waals surface area contributed by atoms with Gasteiger partial charge in [0.2, 0.25) is 0 Å². The van der Waals surface area contributed by atoms with Gasteiger partial charge in [0.05, 0.1) is 22.5 Å². The van der Waals surface area contributed by atoms with Gasteiger partial charge in [0, 0.05) is 17.1 Å². The minimum absolute atomic E-state index is 0.118. The molecule has 0 aliphatic carbocycles. The zero-order valence-corrected chi connectivity index (χ0v) is 17.0. The lowest BCUT2D eigenvalue weighted by Gasteiger charge is -2.20. The Kier molecular flexibility index (Phi) is 5.69. The minimum atomic E-state index is -0.701. The minimum Gasteiger partial charge on any atom is -0.444 e. The molecule has 0 aliphatic heterocycles. The van der Waals surface area contributed by atoms with E-state index >= 15 is 0 Å². The van der Waals surface area contributed by atoms with Crippen LogP contribution in [0.1, 0.15) is 36.8 Å². The summed E-state index contributed by atoms with van der Waals surface area (Å²) in [7, 11) is 0. The van der Waals surface area contributed by atoms with E-state index in [1.165, 1.54) is 30.3 Å². The molecule has 6 nitrogen and oxygen atoms in total. The van der Waals surface area contributed by atoms with E-state index in [4.69, 9.17) is 4.74 Å². The lowest BCUT2D eigenvalue weighted by atomic mass is 10.1. The number of hydrogen-bond acceptors (Lipinski definition) is 4. The Hall–Kier alpha value is -3.55. The van der Waals surface area contributed by atoms with Crippen LogP contribution in [0.15, 0.2) is 42.5 Å². The summed E-state index contributed by atoms with van der Waals surface area (Å²) in [5.74, 6) is -1.69. The van der Waals surface area contributed by atoms with E-state index in [0.29, 0.717) is 16.6 Å². The number of halogens is 2. The summed E-state index contributed by atoms with van der Waals surface area (Å²) in [5.41, 5.74) is 0.453. The molecule has 0 radical (unpaired) electrons. The third-order valence-corrected chi connectivity index (χ3v) is 4.07. The lowest BCUT2D eigenvalue weighted by Crippen LogP contribution is -2.27. The first-order chi connectivity index (χ1) is 14.0. The van der Waals surface area contributed by atoms with Crippen LogP contribution in [-0.2, 0) is 4.74 Å². The van der Waals surface area contributed by atoms with Crippen LogP contribution in [-0.4, -0.2) is 22.6 Å². The third kappa shape index (κ3) is 5.08. The van der Waals surface area contributed by atoms with Gasteiger partial charge >= 0.3 is 6.09 Å². The normalized spacial score (nSPS) is 11.3. The number of nitrogens with one attached hydrogen (secondary N) is 2. The number of aryl methyl sites for hydroxylation is 1. The van der Waals surface area contributed by atoms with E-state index in [-0.39, 0.29) is 16.9 Å². The summed E-state index contributed by atoms with van der Waals surface area (Å²) in [5, 5.41) is 5.55. The number of carbonyl (C=O) groups is 2. The van der Waals surface area contributed by atoms with Crippen LogP contribution in [0.4, 0.5) is 25.0 Å². The van der Waals surface area contributed by atoms with Crippen molar-refractivity contribution in [2.45, 2.75) is 33.3 Å². The zero-order chi connectivity index (χ0) is 22.1. The zero-order valence-electron chi connectivity index (χ0n) is 17.0. The van der Waals surface area contributed by atoms with Gasteiger partial charge in [-0.3, -0.25) is 15.1 Å². The molecule has 0 atom stereocenters. The molecule has 0 aliphatic rings. The summed E-state index contributed by atoms with van der Waals surface area (Å²) in [6.07, 6.45) is -0.701. The summed E-state index contributed by atoms with van der Waals surface area (Å²) in [6, 6.07) is 9.38. The molecule has 2 aromatic carbocycles. The fraction of sp³-hybridized carbons (Fsp3) is 0.227. The quantitative estimate of drug-likeness (QED) is 0.601. The van der Waals surface area contributed by atoms with Crippen molar-refractivity contribution >= 4 is 34.3 Å². The first-order valence-electron chi connectivity index (χ1n) is 9.20. The number of amides is 2. The second-order valence-corrected chi connectivity index (χ2v) is 7.73. The van der Waals surface area contributed by atoms with Crippen molar-refractivity contribution in [3.63, 3.8) is 0 Å². The molecule has 1 heterocycles. The predicted molar refractivity (Wildman–Crippen MR) is 111 cm³/mol. The van der Waals surface area contributed by atoms with E-state index in [2.05, 4.69) is 15.6 Å². The maximum Gasteiger partial charge on any atom is 0.412 e. The van der Waals surface area contributed by atoms with Crippen LogP contribution in [0.5, 0.6) is 0 Å². The SMILES string of the molecule is Cc1nc2cc(F)ccc2cc1C(=O)Nc1cc(NC(=O)OC(C)(C)C)ccc1F. The van der Waals surface area contributed by atoms with E-state index in [9.17, 15) is 18.4 Å². The van der Waals surface area contributed by atoms with Gasteiger partial charge in [-0.05, 0) is 64.1 Å². The van der Waals surface area contributed by atoms with E-state index in [0.717, 1.165) is 6.07 Å². The fourth-order valence-corrected chi connectivity index (χ4v) is 2.78. The second-order valence-electron chi connectivity index (χ2n) is 7.73. The van der Waals surface area contributed by atoms with Gasteiger partial charge in [0.25, 0.3) is 5.91 Å². The summed E-state index contributed by atoms with van der Waals surface area (Å²) in [4.78, 5) is 28.9. The fourth-order valence-electron chi connectivity index (χ4n) is 2.78. The topological polar surface area (TPSA) is 80.3 Å². The molecule has 8 heteroatoms. The van der Waals surface area contributed by atoms with Gasteiger partial charge in [0.15, 0.2) is 0 Å². The second kappa shape index (κ2) is 8.06. The molecular weight excluding hydrogens is 392 g/mol. The average Bonchev–Trinajstić information content (AvgIpc) is 2.62. The number of nitrogens with zero attached hydrogens (tertiary/aromatic N) is 1. The molecule has 2 N–H and O–H groups in total. The van der Waals surface area contributed by atoms with E-state index in [1.54, 1.807) is 33.8 Å². The Labute approximate surface area is 172 Å². The molecule has 0 bridgehead atoms. The number of benzene rings is 2. The van der Waals surface area contributed by atoms with E-state index in [1.807, 2.05) is 0 Å². The summed E-state index contributed by atoms with van der Waals surface area (Å²) < 4.78 is 32.8. The molecule has 3 rings (SSSR count). The van der Waals surface area contributed by atoms with Crippen molar-refractivity contribution in [1.82, 2.24) is 4.98 Å². The molecule has 0 saturated heterocycles. The van der Waals surface area contributed by atoms with Gasteiger partial charge in [-0.25, -0.2) is 13.6 Å². The van der Waals surface area contributed by atoms with Gasteiger partial charge in [-0.2, -0.15) is 0 Å². The number of rotatable bonds is 3. The molecule has 0 unspecified atom stereocenters. The van der Waals surface area contributed by atoms with Crippen molar-refractivity contribution in [2.24, 2.45) is 0 Å². The van der Waals surface area contributed by atoms with Crippen LogP contribution < -0.4 is 10.6 Å². The van der Waals surface area contributed by atoms with Crippen molar-refractivity contribution in [2.75, 3.05) is 10.6 Å². The monoisotopic (exact) mass is 413 g/mol. The number of pyridine rings is 1. The molecule has 1 aromatic heterocycles. The van der Waals surface area contributed by atoms with Crippen LogP contribution in [0.25, 0.3) is 10.9 Å². The third-order valence-electron chi connectivity index (χ3n) is 4.07. The maximum atomic E-state index is 14.2. The number of hydrogen-bond donors (Lipinski definition) is 2. The van der Waals surface area contributed by atoms with Crippen LogP contribution >= 0.6 is 0 Å². The van der Waals surface area contributed by atoms with Crippen molar-refractivity contribution in [3.05, 3.63) is 65.4 Å². The Morgan fingerprint density at radius 3 is 2.43 bits per heavy atom. The molecule has 0 fully saturated rings. The Morgan fingerprint density at radius 1 is 1.00 bits per heavy atom. The summed E-state index contributed by atoms with van der Waals surface area (Å²) in [6.45, 7) is 6.77. The molecule has 0 saturated carbocycles. The predicted octanol–water partition coefficient (Wildman–Crippen LogP) is 5.42. The van der Waals surface area contributed by atoms with Crippen LogP contribution in [0.3, 0.4) is 0 Å². The number of aromatic nitrogens is 1. The summed E-state index contributed by atoms with van der Waals surface area (Å²) >= 11 is 0. The Morgan fingerprint density at radius 2 is 1.73 bits per heavy atom. The van der Waals surface area contributed by atoms with Crippen molar-refractivity contribution in [1.29, 1.82) is 0 Å². The Balaban J connectivity index is 1.83. The molecule has 3 aromatic rings. The van der Waals surface area contributed by atoms with E-state index < -0.39 is 29.2 Å². The van der Waals surface area contributed by atoms with Crippen molar-refractivity contribution in [3.8, 4) is 0 Å². The number of anilines is 2. The molecule has 30 heavy (non-hydrogen) atoms. The number of carbonyl (C=O) groups excluding carboxylic acids is 2. The molecule has 156 valence electrons. The number of ether oxygens (including phenoxy) is 1. The van der Waals surface area contributed by atoms with Gasteiger partial charge in [-0.1, -0.05) is 0 Å². The van der Waals surface area contributed by atoms with Crippen LogP contribution in [0.2, 0.25) is 0 Å². The maximum absolute atomic E-state index is 14.2. The highest BCUT2D eigenvalue weighted by molar-refractivity contribution is 6.07. The van der Waals surface area contributed by atoms with Gasteiger partial charge in [-0.15, -0.1) is 0 Å². The molecular formula is C22H21F2N3O3. The molecule has 2 amide bonds. The van der Waals surface area contributed by atoms with Gasteiger partial charge < -0.3 is 10.1 Å². The van der Waals surface area contributed by atoms with Crippen molar-refractivity contribution < 1.29 is 23.1 Å². The van der Waals surface area contributed by atoms with Gasteiger partial charge in [0.1, 0.15) is 17.2 Å². The Bertz CT molecular complexity index is 1140. The van der Waals surface area contributed by atoms with Crippen LogP contribution in [0, 0.1) is 18.6 Å². The smallest absolute Gasteiger partial charge is 0.412 e. The first-order valence-corrected chi connectivity index (χ1v) is 9.20. The first kappa shape index (κ1) is 21.2. The highest BCUT2D eigenvalue weighted by Crippen LogP contribution is 2.23. The lowest BCUT2D eigenvalue weighted by molar-refractivity contribution is 0.0635.